The molecule has 0 N–H and O–H groups in total. The molecule has 0 saturated heterocycles. The van der Waals surface area contributed by atoms with Crippen molar-refractivity contribution in [1.29, 1.82) is 5.26 Å². The maximum Gasteiger partial charge on any atom is 0.311 e. The summed E-state index contributed by atoms with van der Waals surface area (Å²) in [6.07, 6.45) is 5.42. The molecule has 1 aliphatic heterocycles. The molecular formula is C38H34F2N4O6. The number of hydrogen-bond donors (Lipinski definition) is 0. The zero-order valence-corrected chi connectivity index (χ0v) is 27.5. The molecule has 3 aromatic carbocycles. The highest BCUT2D eigenvalue weighted by molar-refractivity contribution is 5.78. The Balaban J connectivity index is 1.17. The molecule has 50 heavy (non-hydrogen) atoms. The van der Waals surface area contributed by atoms with Gasteiger partial charge >= 0.3 is 5.97 Å². The number of hydrogen-bond acceptors (Lipinski definition) is 10. The molecule has 7 rings (SSSR count). The Morgan fingerprint density at radius 1 is 1.00 bits per heavy atom. The third-order valence-electron chi connectivity index (χ3n) is 9.65. The number of nitrogens with zero attached hydrogens (tertiary/aromatic N) is 4. The van der Waals surface area contributed by atoms with E-state index in [2.05, 4.69) is 9.98 Å². The number of aromatic nitrogens is 1. The number of pyridine rings is 1. The molecule has 2 saturated carbocycles. The first-order valence-electron chi connectivity index (χ1n) is 16.3. The van der Waals surface area contributed by atoms with Crippen LogP contribution in [-0.2, 0) is 16.1 Å². The van der Waals surface area contributed by atoms with Crippen molar-refractivity contribution >= 4 is 12.2 Å². The maximum atomic E-state index is 16.1. The molecule has 256 valence electrons. The van der Waals surface area contributed by atoms with Gasteiger partial charge in [0.25, 0.3) is 5.88 Å². The summed E-state index contributed by atoms with van der Waals surface area (Å²) in [7, 11) is 3.28. The van der Waals surface area contributed by atoms with Gasteiger partial charge in [-0.25, -0.2) is 9.37 Å². The Kier molecular flexibility index (Phi) is 8.84. The van der Waals surface area contributed by atoms with E-state index in [4.69, 9.17) is 23.7 Å². The second-order valence-electron chi connectivity index (χ2n) is 12.9. The SMILES string of the molecule is COC(=O)C12CCC(Oc3ccc(Oc4c(F)cnc(Oc5cc(C#N)ccc5OCc5ccccc5)c4F)c(C4N=CCN4C)c3)(CC1)C2. The van der Waals surface area contributed by atoms with Gasteiger partial charge in [-0.2, -0.15) is 9.65 Å². The van der Waals surface area contributed by atoms with Crippen LogP contribution in [0.4, 0.5) is 8.78 Å². The molecular weight excluding hydrogens is 646 g/mol. The van der Waals surface area contributed by atoms with E-state index in [0.29, 0.717) is 50.0 Å². The van der Waals surface area contributed by atoms with Gasteiger partial charge < -0.3 is 23.7 Å². The second-order valence-corrected chi connectivity index (χ2v) is 12.9. The molecule has 2 aliphatic carbocycles. The molecule has 2 heterocycles. The molecule has 3 aliphatic rings. The van der Waals surface area contributed by atoms with Gasteiger partial charge in [-0.1, -0.05) is 30.3 Å². The van der Waals surface area contributed by atoms with Crippen LogP contribution in [0.25, 0.3) is 0 Å². The average molecular weight is 681 g/mol. The maximum absolute atomic E-state index is 16.1. The highest BCUT2D eigenvalue weighted by atomic mass is 19.1. The molecule has 1 aromatic heterocycles. The standard InChI is InChI=1S/C38H34F2N4O6/c1-44-17-16-42-34(44)27-19-26(50-38-14-12-37(23-38,13-15-38)36(45)46-2)9-11-29(27)48-33-28(39)21-43-35(32(33)40)49-31-18-25(20-41)8-10-30(31)47-22-24-6-4-3-5-7-24/h3-11,16,18-19,21,34H,12-15,17,22-23H2,1-2H3. The molecule has 10 nitrogen and oxygen atoms in total. The zero-order valence-electron chi connectivity index (χ0n) is 27.5. The van der Waals surface area contributed by atoms with Crippen molar-refractivity contribution in [3.8, 4) is 40.7 Å². The van der Waals surface area contributed by atoms with Crippen molar-refractivity contribution in [2.24, 2.45) is 10.4 Å². The van der Waals surface area contributed by atoms with Crippen LogP contribution in [0.5, 0.6) is 34.6 Å². The zero-order chi connectivity index (χ0) is 34.9. The van der Waals surface area contributed by atoms with Gasteiger partial charge in [0.1, 0.15) is 29.9 Å². The summed E-state index contributed by atoms with van der Waals surface area (Å²) in [6.45, 7) is 0.748. The number of ether oxygens (including phenoxy) is 5. The number of methoxy groups -OCH3 is 1. The van der Waals surface area contributed by atoms with Crippen molar-refractivity contribution in [2.75, 3.05) is 20.7 Å². The van der Waals surface area contributed by atoms with Crippen molar-refractivity contribution in [1.82, 2.24) is 9.88 Å². The van der Waals surface area contributed by atoms with Gasteiger partial charge in [0.05, 0.1) is 30.4 Å². The van der Waals surface area contributed by atoms with Gasteiger partial charge in [0, 0.05) is 30.8 Å². The first-order chi connectivity index (χ1) is 24.2. The Bertz CT molecular complexity index is 1990. The number of halogens is 2. The van der Waals surface area contributed by atoms with Crippen LogP contribution in [0, 0.1) is 28.4 Å². The van der Waals surface area contributed by atoms with Gasteiger partial charge in [-0.3, -0.25) is 14.7 Å². The van der Waals surface area contributed by atoms with Crippen LogP contribution < -0.4 is 18.9 Å². The quantitative estimate of drug-likeness (QED) is 0.147. The van der Waals surface area contributed by atoms with Gasteiger partial charge in [0.15, 0.2) is 17.3 Å². The van der Waals surface area contributed by atoms with Crippen LogP contribution in [0.2, 0.25) is 0 Å². The van der Waals surface area contributed by atoms with E-state index in [1.54, 1.807) is 30.5 Å². The Morgan fingerprint density at radius 2 is 1.78 bits per heavy atom. The molecule has 0 spiro atoms. The molecule has 0 amide bonds. The van der Waals surface area contributed by atoms with E-state index in [1.165, 1.54) is 19.2 Å². The third kappa shape index (κ3) is 6.32. The number of esters is 1. The van der Waals surface area contributed by atoms with E-state index in [0.717, 1.165) is 11.8 Å². The van der Waals surface area contributed by atoms with Crippen LogP contribution in [0.3, 0.4) is 0 Å². The van der Waals surface area contributed by atoms with Gasteiger partial charge in [0.2, 0.25) is 11.6 Å². The number of nitriles is 1. The summed E-state index contributed by atoms with van der Waals surface area (Å²) in [6, 6.07) is 20.9. The van der Waals surface area contributed by atoms with Gasteiger partial charge in [-0.15, -0.1) is 0 Å². The lowest BCUT2D eigenvalue weighted by molar-refractivity contribution is -0.152. The van der Waals surface area contributed by atoms with Gasteiger partial charge in [-0.05, 0) is 68.6 Å². The predicted molar refractivity (Wildman–Crippen MR) is 177 cm³/mol. The largest absolute Gasteiger partial charge is 0.487 e. The molecule has 4 aromatic rings. The topological polar surface area (TPSA) is 116 Å². The molecule has 2 bridgehead atoms. The fourth-order valence-corrected chi connectivity index (χ4v) is 7.05. The van der Waals surface area contributed by atoms with Crippen molar-refractivity contribution in [3.05, 3.63) is 101 Å². The van der Waals surface area contributed by atoms with E-state index in [9.17, 15) is 10.1 Å². The van der Waals surface area contributed by atoms with Crippen LogP contribution >= 0.6 is 0 Å². The molecule has 1 atom stereocenters. The second kappa shape index (κ2) is 13.4. The van der Waals surface area contributed by atoms with Crippen LogP contribution in [-0.4, -0.2) is 48.4 Å². The normalized spacial score (nSPS) is 22.3. The van der Waals surface area contributed by atoms with E-state index >= 15 is 8.78 Å². The van der Waals surface area contributed by atoms with Crippen molar-refractivity contribution in [3.63, 3.8) is 0 Å². The van der Waals surface area contributed by atoms with Crippen LogP contribution in [0.1, 0.15) is 55.0 Å². The number of carbonyl (C=O) groups excluding carboxylic acids is 1. The van der Waals surface area contributed by atoms with Crippen molar-refractivity contribution < 1.29 is 37.3 Å². The Morgan fingerprint density at radius 3 is 2.50 bits per heavy atom. The minimum Gasteiger partial charge on any atom is -0.487 e. The van der Waals surface area contributed by atoms with E-state index < -0.39 is 40.4 Å². The van der Waals surface area contributed by atoms with E-state index in [-0.39, 0.29) is 35.4 Å². The van der Waals surface area contributed by atoms with Crippen molar-refractivity contribution in [2.45, 2.75) is 50.5 Å². The lowest BCUT2D eigenvalue weighted by atomic mass is 9.84. The number of aliphatic imine (C=N–C) groups is 1. The summed E-state index contributed by atoms with van der Waals surface area (Å²) in [5.41, 5.74) is 0.611. The molecule has 2 fully saturated rings. The first-order valence-corrected chi connectivity index (χ1v) is 16.3. The minimum absolute atomic E-state index is 0.0162. The molecule has 1 unspecified atom stereocenters. The van der Waals surface area contributed by atoms with Crippen LogP contribution in [0.15, 0.2) is 77.9 Å². The minimum atomic E-state index is -1.19. The Hall–Kier alpha value is -5.54. The third-order valence-corrected chi connectivity index (χ3v) is 9.65. The number of rotatable bonds is 11. The monoisotopic (exact) mass is 680 g/mol. The smallest absolute Gasteiger partial charge is 0.311 e. The number of carbonyl (C=O) groups is 1. The lowest BCUT2D eigenvalue weighted by Crippen LogP contribution is -2.30. The fraction of sp³-hybridized carbons (Fsp3) is 0.316. The summed E-state index contributed by atoms with van der Waals surface area (Å²) in [5.74, 6) is -2.82. The summed E-state index contributed by atoms with van der Waals surface area (Å²) in [5, 5.41) is 9.49. The molecule has 0 radical (unpaired) electrons. The summed E-state index contributed by atoms with van der Waals surface area (Å²) < 4.78 is 60.7. The Labute approximate surface area is 287 Å². The number of fused-ring (bicyclic) bond motifs is 2. The predicted octanol–water partition coefficient (Wildman–Crippen LogP) is 7.66. The summed E-state index contributed by atoms with van der Waals surface area (Å²) in [4.78, 5) is 22.9. The fourth-order valence-electron chi connectivity index (χ4n) is 7.05. The van der Waals surface area contributed by atoms with E-state index in [1.807, 2.05) is 48.3 Å². The molecule has 12 heteroatoms. The number of benzene rings is 3. The highest BCUT2D eigenvalue weighted by Gasteiger charge is 2.60. The lowest BCUT2D eigenvalue weighted by Gasteiger charge is -2.29. The highest BCUT2D eigenvalue weighted by Crippen LogP contribution is 2.58. The first kappa shape index (κ1) is 33.0. The average Bonchev–Trinajstić information content (AvgIpc) is 3.85. The summed E-state index contributed by atoms with van der Waals surface area (Å²) >= 11 is 0.